The molecule has 5 heterocycles. The maximum absolute atomic E-state index is 14.9. The number of hydrogen-bond donors (Lipinski definition) is 2. The van der Waals surface area contributed by atoms with Crippen molar-refractivity contribution in [3.05, 3.63) is 75.5 Å². The van der Waals surface area contributed by atoms with Crippen LogP contribution in [-0.2, 0) is 16.0 Å². The normalized spacial score (nSPS) is 25.7. The maximum Gasteiger partial charge on any atom is 0.272 e. The highest BCUT2D eigenvalue weighted by Crippen LogP contribution is 2.46. The van der Waals surface area contributed by atoms with E-state index < -0.39 is 5.82 Å². The number of nitrogens with zero attached hydrogens (tertiary/aromatic N) is 4. The van der Waals surface area contributed by atoms with Gasteiger partial charge in [-0.3, -0.25) is 19.3 Å². The summed E-state index contributed by atoms with van der Waals surface area (Å²) in [5.74, 6) is -0.263. The van der Waals surface area contributed by atoms with Crippen LogP contribution in [0.15, 0.2) is 47.3 Å². The number of H-pyrrole nitrogens is 1. The van der Waals surface area contributed by atoms with Gasteiger partial charge in [0.05, 0.1) is 35.4 Å². The zero-order valence-corrected chi connectivity index (χ0v) is 26.3. The van der Waals surface area contributed by atoms with Crippen LogP contribution in [0.25, 0.3) is 10.8 Å². The van der Waals surface area contributed by atoms with Crippen LogP contribution in [0.4, 0.5) is 4.39 Å². The third-order valence-corrected chi connectivity index (χ3v) is 10.9. The highest BCUT2D eigenvalue weighted by atomic mass is 19.1. The number of rotatable bonds is 7. The second-order valence-electron chi connectivity index (χ2n) is 14.0. The summed E-state index contributed by atoms with van der Waals surface area (Å²) in [4.78, 5) is 44.5. The molecular weight excluding hydrogens is 587 g/mol. The first kappa shape index (κ1) is 31.0. The van der Waals surface area contributed by atoms with E-state index in [0.717, 1.165) is 63.4 Å². The zero-order valence-electron chi connectivity index (χ0n) is 26.3. The number of piperidine rings is 1. The van der Waals surface area contributed by atoms with Crippen molar-refractivity contribution >= 4 is 22.6 Å². The monoisotopic (exact) mass is 630 g/mol. The highest BCUT2D eigenvalue weighted by Gasteiger charge is 2.48. The number of halogens is 1. The van der Waals surface area contributed by atoms with Crippen LogP contribution in [0.5, 0.6) is 0 Å². The maximum atomic E-state index is 14.9. The van der Waals surface area contributed by atoms with Crippen molar-refractivity contribution in [2.24, 2.45) is 11.7 Å². The molecule has 0 radical (unpaired) electrons. The van der Waals surface area contributed by atoms with Crippen LogP contribution in [0.3, 0.4) is 0 Å². The summed E-state index contributed by atoms with van der Waals surface area (Å²) in [5, 5.41) is 8.00. The number of carbonyl (C=O) groups is 2. The Bertz CT molecular complexity index is 1650. The number of fused-ring (bicyclic) bond motifs is 4. The first-order valence-corrected chi connectivity index (χ1v) is 16.7. The van der Waals surface area contributed by atoms with E-state index in [4.69, 9.17) is 10.5 Å². The first-order valence-electron chi connectivity index (χ1n) is 16.7. The minimum atomic E-state index is -0.583. The standard InChI is InChI=1S/C35H43FN6O4/c36-29-6-5-25(20-30-26-3-1-2-4-27(26)32(44)39-38-30)19-28(29)33(45)42-17-15-41(16-18-42)31(43)22-40-13-7-24(8-14-40)21-35-11-9-34(37,10-12-35)23-46-35/h1-6,19,24H,7-18,20-23,37H2,(H,39,44). The van der Waals surface area contributed by atoms with Gasteiger partial charge in [-0.25, -0.2) is 9.49 Å². The number of amides is 2. The third kappa shape index (κ3) is 6.32. The van der Waals surface area contributed by atoms with Gasteiger partial charge in [0.1, 0.15) is 5.82 Å². The molecule has 1 aromatic heterocycles. The predicted octanol–water partition coefficient (Wildman–Crippen LogP) is 3.08. The molecule has 2 amide bonds. The summed E-state index contributed by atoms with van der Waals surface area (Å²) in [6.07, 6.45) is 7.86. The summed E-state index contributed by atoms with van der Waals surface area (Å²) in [5.41, 5.74) is 7.41. The molecule has 10 nitrogen and oxygen atoms in total. The lowest BCUT2D eigenvalue weighted by Crippen LogP contribution is -2.60. The molecule has 3 aromatic rings. The number of benzene rings is 2. The number of carbonyl (C=O) groups excluding carboxylic acids is 2. The largest absolute Gasteiger partial charge is 0.373 e. The quantitative estimate of drug-likeness (QED) is 0.411. The molecular formula is C35H43FN6O4. The summed E-state index contributed by atoms with van der Waals surface area (Å²) in [7, 11) is 0. The van der Waals surface area contributed by atoms with E-state index in [1.165, 1.54) is 6.07 Å². The number of nitrogens with one attached hydrogen (secondary N) is 1. The Kier molecular flexibility index (Phi) is 8.41. The van der Waals surface area contributed by atoms with Crippen LogP contribution in [0.2, 0.25) is 0 Å². The van der Waals surface area contributed by atoms with Crippen LogP contribution in [-0.4, -0.2) is 100 Å². The number of aromatic amines is 1. The van der Waals surface area contributed by atoms with Crippen molar-refractivity contribution in [1.29, 1.82) is 0 Å². The topological polar surface area (TPSA) is 125 Å². The van der Waals surface area contributed by atoms with Gasteiger partial charge < -0.3 is 20.3 Å². The fraction of sp³-hybridized carbons (Fsp3) is 0.543. The zero-order chi connectivity index (χ0) is 31.9. The molecule has 1 aliphatic carbocycles. The highest BCUT2D eigenvalue weighted by molar-refractivity contribution is 5.95. The lowest BCUT2D eigenvalue weighted by molar-refractivity contribution is -0.164. The van der Waals surface area contributed by atoms with Crippen molar-refractivity contribution in [1.82, 2.24) is 24.9 Å². The summed E-state index contributed by atoms with van der Waals surface area (Å²) in [6, 6.07) is 11.7. The molecule has 2 bridgehead atoms. The number of ether oxygens (including phenoxy) is 1. The molecule has 0 atom stereocenters. The van der Waals surface area contributed by atoms with Crippen molar-refractivity contribution in [2.75, 3.05) is 52.4 Å². The van der Waals surface area contributed by atoms with E-state index in [-0.39, 0.29) is 34.1 Å². The summed E-state index contributed by atoms with van der Waals surface area (Å²) in [6.45, 7) is 4.47. The van der Waals surface area contributed by atoms with Gasteiger partial charge in [-0.2, -0.15) is 5.10 Å². The van der Waals surface area contributed by atoms with Crippen molar-refractivity contribution in [2.45, 2.75) is 62.5 Å². The number of nitrogens with two attached hydrogens (primary N) is 1. The minimum absolute atomic E-state index is 0.00243. The van der Waals surface area contributed by atoms with Crippen LogP contribution in [0.1, 0.15) is 66.6 Å². The van der Waals surface area contributed by atoms with Gasteiger partial charge in [-0.1, -0.05) is 24.3 Å². The molecule has 3 N–H and O–H groups in total. The van der Waals surface area contributed by atoms with Gasteiger partial charge in [0.15, 0.2) is 0 Å². The van der Waals surface area contributed by atoms with E-state index >= 15 is 0 Å². The third-order valence-electron chi connectivity index (χ3n) is 10.9. The van der Waals surface area contributed by atoms with E-state index in [0.29, 0.717) is 68.3 Å². The Morgan fingerprint density at radius 2 is 1.65 bits per heavy atom. The Balaban J connectivity index is 0.898. The molecule has 5 aliphatic rings. The number of piperazine rings is 1. The smallest absolute Gasteiger partial charge is 0.272 e. The second kappa shape index (κ2) is 12.5. The van der Waals surface area contributed by atoms with E-state index in [1.54, 1.807) is 29.2 Å². The Morgan fingerprint density at radius 1 is 0.957 bits per heavy atom. The number of hydrogen-bond acceptors (Lipinski definition) is 7. The van der Waals surface area contributed by atoms with Crippen LogP contribution < -0.4 is 11.3 Å². The fourth-order valence-electron chi connectivity index (χ4n) is 7.89. The lowest BCUT2D eigenvalue weighted by atomic mass is 9.68. The second-order valence-corrected chi connectivity index (χ2v) is 14.0. The molecule has 244 valence electrons. The van der Waals surface area contributed by atoms with Crippen molar-refractivity contribution < 1.29 is 18.7 Å². The van der Waals surface area contributed by atoms with Crippen molar-refractivity contribution in [3.63, 3.8) is 0 Å². The van der Waals surface area contributed by atoms with E-state index in [2.05, 4.69) is 15.1 Å². The molecule has 5 fully saturated rings. The molecule has 11 heteroatoms. The van der Waals surface area contributed by atoms with Crippen LogP contribution in [0, 0.1) is 11.7 Å². The Morgan fingerprint density at radius 3 is 2.35 bits per heavy atom. The van der Waals surface area contributed by atoms with E-state index in [1.807, 2.05) is 17.0 Å². The Labute approximate surface area is 268 Å². The molecule has 4 saturated heterocycles. The summed E-state index contributed by atoms with van der Waals surface area (Å²) < 4.78 is 21.2. The first-order chi connectivity index (χ1) is 22.2. The van der Waals surface area contributed by atoms with Gasteiger partial charge in [0.25, 0.3) is 11.5 Å². The van der Waals surface area contributed by atoms with Gasteiger partial charge in [-0.15, -0.1) is 0 Å². The molecule has 46 heavy (non-hydrogen) atoms. The average Bonchev–Trinajstić information content (AvgIpc) is 3.08. The fourth-order valence-corrected chi connectivity index (χ4v) is 7.89. The number of likely N-dealkylation sites (tertiary alicyclic amines) is 1. The van der Waals surface area contributed by atoms with E-state index in [9.17, 15) is 18.8 Å². The predicted molar refractivity (Wildman–Crippen MR) is 172 cm³/mol. The molecule has 0 spiro atoms. The molecule has 2 aromatic carbocycles. The molecule has 4 aliphatic heterocycles. The molecule has 0 unspecified atom stereocenters. The average molecular weight is 631 g/mol. The van der Waals surface area contributed by atoms with Gasteiger partial charge >= 0.3 is 0 Å². The minimum Gasteiger partial charge on any atom is -0.373 e. The summed E-state index contributed by atoms with van der Waals surface area (Å²) >= 11 is 0. The molecule has 1 saturated carbocycles. The van der Waals surface area contributed by atoms with Gasteiger partial charge in [-0.05, 0) is 87.7 Å². The SMILES string of the molecule is NC12CCC(CC3CCN(CC(=O)N4CCN(C(=O)c5cc(Cc6n[nH]c(=O)c7ccccc67)ccc5F)CC4)CC3)(CC1)OC2. The molecule has 8 rings (SSSR count). The Hall–Kier alpha value is -3.67. The lowest BCUT2D eigenvalue weighted by Gasteiger charge is -2.53. The van der Waals surface area contributed by atoms with Crippen molar-refractivity contribution in [3.8, 4) is 0 Å². The van der Waals surface area contributed by atoms with Crippen LogP contribution >= 0.6 is 0 Å². The van der Waals surface area contributed by atoms with Gasteiger partial charge in [0.2, 0.25) is 5.91 Å². The number of aromatic nitrogens is 2. The van der Waals surface area contributed by atoms with Gasteiger partial charge in [0, 0.05) is 43.5 Å².